The molecule has 92 valence electrons. The first-order valence-corrected chi connectivity index (χ1v) is 4.94. The predicted molar refractivity (Wildman–Crippen MR) is 55.2 cm³/mol. The van der Waals surface area contributed by atoms with Crippen LogP contribution in [0.1, 0.15) is 11.1 Å². The number of hydrazine groups is 1. The van der Waals surface area contributed by atoms with Gasteiger partial charge in [0.15, 0.2) is 0 Å². The van der Waals surface area contributed by atoms with E-state index in [1.165, 1.54) is 18.3 Å². The second-order valence-corrected chi connectivity index (χ2v) is 3.83. The zero-order valence-corrected chi connectivity index (χ0v) is 8.90. The van der Waals surface area contributed by atoms with E-state index in [2.05, 4.69) is 10.9 Å². The molecule has 2 N–H and O–H groups in total. The van der Waals surface area contributed by atoms with Crippen LogP contribution in [0, 0.1) is 12.7 Å². The van der Waals surface area contributed by atoms with Crippen LogP contribution in [0.25, 0.3) is 5.57 Å². The monoisotopic (exact) mass is 246 g/mol. The fraction of sp³-hybridized carbons (Fsp3) is 0.273. The van der Waals surface area contributed by atoms with E-state index in [1.807, 2.05) is 0 Å². The number of hydrogen-bond acceptors (Lipinski definition) is 2. The first kappa shape index (κ1) is 11.9. The highest BCUT2D eigenvalue weighted by molar-refractivity contribution is 5.71. The second kappa shape index (κ2) is 4.03. The van der Waals surface area contributed by atoms with Gasteiger partial charge < -0.3 is 5.43 Å². The number of benzene rings is 1. The van der Waals surface area contributed by atoms with Gasteiger partial charge in [-0.25, -0.2) is 9.82 Å². The lowest BCUT2D eigenvalue weighted by atomic mass is 9.99. The van der Waals surface area contributed by atoms with Gasteiger partial charge in [-0.15, -0.1) is 0 Å². The van der Waals surface area contributed by atoms with Crippen molar-refractivity contribution < 1.29 is 17.6 Å². The van der Waals surface area contributed by atoms with E-state index in [-0.39, 0.29) is 11.1 Å². The third-order valence-corrected chi connectivity index (χ3v) is 2.60. The number of hydrogen-bond donors (Lipinski definition) is 2. The van der Waals surface area contributed by atoms with Gasteiger partial charge in [-0.1, -0.05) is 12.1 Å². The average molecular weight is 246 g/mol. The standard InChI is InChI=1S/C11H10F4N2/c1-6-2-3-7(4-9(6)12)8-5-16-17-10(8)11(13,14)15/h2-5,10,16-17H,1H3. The molecule has 0 amide bonds. The van der Waals surface area contributed by atoms with E-state index in [9.17, 15) is 17.6 Å². The molecular formula is C11H10F4N2. The van der Waals surface area contributed by atoms with Crippen LogP contribution in [0.2, 0.25) is 0 Å². The van der Waals surface area contributed by atoms with Crippen molar-refractivity contribution in [3.8, 4) is 0 Å². The molecule has 0 aromatic heterocycles. The first-order valence-electron chi connectivity index (χ1n) is 4.94. The van der Waals surface area contributed by atoms with E-state index in [0.717, 1.165) is 6.07 Å². The molecule has 0 saturated heterocycles. The minimum absolute atomic E-state index is 0.0172. The van der Waals surface area contributed by atoms with Gasteiger partial charge in [0.05, 0.1) is 0 Å². The largest absolute Gasteiger partial charge is 0.409 e. The Labute approximate surface area is 95.3 Å². The van der Waals surface area contributed by atoms with Crippen molar-refractivity contribution >= 4 is 5.57 Å². The second-order valence-electron chi connectivity index (χ2n) is 3.83. The minimum atomic E-state index is -4.42. The fourth-order valence-electron chi connectivity index (χ4n) is 1.64. The third kappa shape index (κ3) is 2.26. The topological polar surface area (TPSA) is 24.1 Å². The van der Waals surface area contributed by atoms with Crippen molar-refractivity contribution in [2.24, 2.45) is 0 Å². The Hall–Kier alpha value is -1.56. The maximum absolute atomic E-state index is 13.3. The van der Waals surface area contributed by atoms with Gasteiger partial charge in [-0.05, 0) is 24.1 Å². The zero-order chi connectivity index (χ0) is 12.6. The number of aryl methyl sites for hydroxylation is 1. The van der Waals surface area contributed by atoms with Crippen LogP contribution in [-0.4, -0.2) is 12.2 Å². The molecule has 2 rings (SSSR count). The number of rotatable bonds is 1. The Kier molecular flexibility index (Phi) is 2.82. The molecule has 0 radical (unpaired) electrons. The Balaban J connectivity index is 2.36. The Morgan fingerprint density at radius 1 is 1.24 bits per heavy atom. The molecule has 1 aliphatic rings. The van der Waals surface area contributed by atoms with Crippen molar-refractivity contribution in [1.29, 1.82) is 0 Å². The lowest BCUT2D eigenvalue weighted by Gasteiger charge is -2.18. The van der Waals surface area contributed by atoms with Gasteiger partial charge in [0.1, 0.15) is 11.9 Å². The highest BCUT2D eigenvalue weighted by Gasteiger charge is 2.44. The first-order chi connectivity index (χ1) is 7.89. The third-order valence-electron chi connectivity index (χ3n) is 2.60. The number of alkyl halides is 3. The van der Waals surface area contributed by atoms with Gasteiger partial charge in [0.2, 0.25) is 0 Å². The van der Waals surface area contributed by atoms with Gasteiger partial charge in [0.25, 0.3) is 0 Å². The molecule has 1 aromatic carbocycles. The highest BCUT2D eigenvalue weighted by atomic mass is 19.4. The molecule has 2 nitrogen and oxygen atoms in total. The summed E-state index contributed by atoms with van der Waals surface area (Å²) in [6.45, 7) is 1.56. The average Bonchev–Trinajstić information content (AvgIpc) is 2.70. The van der Waals surface area contributed by atoms with E-state index in [0.29, 0.717) is 5.56 Å². The Bertz CT molecular complexity index is 465. The maximum Gasteiger partial charge on any atom is 0.409 e. The van der Waals surface area contributed by atoms with Crippen LogP contribution >= 0.6 is 0 Å². The molecule has 0 bridgehead atoms. The summed E-state index contributed by atoms with van der Waals surface area (Å²) >= 11 is 0. The summed E-state index contributed by atoms with van der Waals surface area (Å²) in [5, 5.41) is 0. The van der Waals surface area contributed by atoms with Gasteiger partial charge in [-0.2, -0.15) is 13.2 Å². The Morgan fingerprint density at radius 2 is 1.94 bits per heavy atom. The van der Waals surface area contributed by atoms with Gasteiger partial charge in [-0.3, -0.25) is 0 Å². The molecule has 1 unspecified atom stereocenters. The molecule has 1 aromatic rings. The van der Waals surface area contributed by atoms with Crippen molar-refractivity contribution in [3.05, 3.63) is 41.3 Å². The molecule has 1 aliphatic heterocycles. The Morgan fingerprint density at radius 3 is 2.53 bits per heavy atom. The number of halogens is 4. The lowest BCUT2D eigenvalue weighted by molar-refractivity contribution is -0.141. The lowest BCUT2D eigenvalue weighted by Crippen LogP contribution is -2.43. The normalized spacial score (nSPS) is 20.1. The smallest absolute Gasteiger partial charge is 0.328 e. The fourth-order valence-corrected chi connectivity index (χ4v) is 1.64. The molecule has 6 heteroatoms. The summed E-state index contributed by atoms with van der Waals surface area (Å²) in [7, 11) is 0. The highest BCUT2D eigenvalue weighted by Crippen LogP contribution is 2.32. The van der Waals surface area contributed by atoms with E-state index in [1.54, 1.807) is 6.92 Å². The van der Waals surface area contributed by atoms with Crippen LogP contribution in [-0.2, 0) is 0 Å². The molecular weight excluding hydrogens is 236 g/mol. The summed E-state index contributed by atoms with van der Waals surface area (Å²) in [5.74, 6) is -0.517. The predicted octanol–water partition coefficient (Wildman–Crippen LogP) is 2.51. The summed E-state index contributed by atoms with van der Waals surface area (Å²) in [4.78, 5) is 0. The summed E-state index contributed by atoms with van der Waals surface area (Å²) in [6.07, 6.45) is -3.22. The van der Waals surface area contributed by atoms with Crippen LogP contribution in [0.5, 0.6) is 0 Å². The van der Waals surface area contributed by atoms with Crippen LogP contribution in [0.15, 0.2) is 24.4 Å². The molecule has 1 heterocycles. The molecule has 17 heavy (non-hydrogen) atoms. The van der Waals surface area contributed by atoms with Crippen LogP contribution in [0.3, 0.4) is 0 Å². The van der Waals surface area contributed by atoms with Crippen LogP contribution in [0.4, 0.5) is 17.6 Å². The quantitative estimate of drug-likeness (QED) is 0.744. The van der Waals surface area contributed by atoms with Crippen molar-refractivity contribution in [2.75, 3.05) is 0 Å². The minimum Gasteiger partial charge on any atom is -0.328 e. The van der Waals surface area contributed by atoms with Crippen molar-refractivity contribution in [2.45, 2.75) is 19.1 Å². The SMILES string of the molecule is Cc1ccc(C2=CNNC2C(F)(F)F)cc1F. The van der Waals surface area contributed by atoms with Crippen molar-refractivity contribution in [3.63, 3.8) is 0 Å². The zero-order valence-electron chi connectivity index (χ0n) is 8.90. The molecule has 1 atom stereocenters. The molecule has 0 fully saturated rings. The maximum atomic E-state index is 13.3. The van der Waals surface area contributed by atoms with Gasteiger partial charge in [0, 0.05) is 11.8 Å². The summed E-state index contributed by atoms with van der Waals surface area (Å²) in [5.41, 5.74) is 4.99. The molecule has 0 saturated carbocycles. The van der Waals surface area contributed by atoms with Crippen molar-refractivity contribution in [1.82, 2.24) is 10.9 Å². The van der Waals surface area contributed by atoms with Gasteiger partial charge >= 0.3 is 6.18 Å². The van der Waals surface area contributed by atoms with E-state index in [4.69, 9.17) is 0 Å². The summed E-state index contributed by atoms with van der Waals surface area (Å²) in [6, 6.07) is 2.22. The van der Waals surface area contributed by atoms with E-state index >= 15 is 0 Å². The van der Waals surface area contributed by atoms with Crippen LogP contribution < -0.4 is 10.9 Å². The molecule has 0 spiro atoms. The number of nitrogens with one attached hydrogen (secondary N) is 2. The van der Waals surface area contributed by atoms with E-state index < -0.39 is 18.0 Å². The summed E-state index contributed by atoms with van der Waals surface area (Å²) < 4.78 is 51.2. The molecule has 0 aliphatic carbocycles.